The molecule has 1 aliphatic rings. The zero-order chi connectivity index (χ0) is 11.9. The molecule has 2 aromatic rings. The number of aromatic nitrogens is 1. The van der Waals surface area contributed by atoms with Gasteiger partial charge in [-0.1, -0.05) is 24.3 Å². The van der Waals surface area contributed by atoms with Crippen LogP contribution >= 0.6 is 11.3 Å². The second-order valence-electron chi connectivity index (χ2n) is 4.79. The fourth-order valence-corrected chi connectivity index (χ4v) is 3.16. The highest BCUT2D eigenvalue weighted by molar-refractivity contribution is 7.10. The third kappa shape index (κ3) is 1.79. The van der Waals surface area contributed by atoms with Crippen LogP contribution in [-0.4, -0.2) is 16.7 Å². The minimum absolute atomic E-state index is 0.00833. The monoisotopic (exact) mass is 245 g/mol. The van der Waals surface area contributed by atoms with Crippen molar-refractivity contribution in [2.45, 2.75) is 25.2 Å². The molecule has 2 nitrogen and oxygen atoms in total. The van der Waals surface area contributed by atoms with Crippen LogP contribution in [-0.2, 0) is 5.41 Å². The number of hydrogen-bond donors (Lipinski definition) is 1. The molecule has 3 rings (SSSR count). The maximum Gasteiger partial charge on any atom is 0.102 e. The standard InChI is InChI=1S/C14H15NOS/c1-10-4-2-3-5-11(10)12-8-17-13(15-12)14(9-16)6-7-14/h2-5,8,16H,6-7,9H2,1H3. The van der Waals surface area contributed by atoms with Gasteiger partial charge in [0.05, 0.1) is 12.3 Å². The topological polar surface area (TPSA) is 33.1 Å². The van der Waals surface area contributed by atoms with Gasteiger partial charge in [0.25, 0.3) is 0 Å². The van der Waals surface area contributed by atoms with Crippen LogP contribution in [0, 0.1) is 6.92 Å². The summed E-state index contributed by atoms with van der Waals surface area (Å²) in [5.41, 5.74) is 3.48. The van der Waals surface area contributed by atoms with Crippen molar-refractivity contribution in [3.8, 4) is 11.3 Å². The Kier molecular flexibility index (Phi) is 2.53. The Morgan fingerprint density at radius 3 is 2.76 bits per heavy atom. The van der Waals surface area contributed by atoms with Crippen LogP contribution in [0.15, 0.2) is 29.6 Å². The van der Waals surface area contributed by atoms with Gasteiger partial charge in [-0.3, -0.25) is 0 Å². The molecular weight excluding hydrogens is 230 g/mol. The summed E-state index contributed by atoms with van der Waals surface area (Å²) in [6.45, 7) is 2.33. The fourth-order valence-electron chi connectivity index (χ4n) is 2.09. The highest BCUT2D eigenvalue weighted by atomic mass is 32.1. The van der Waals surface area contributed by atoms with Crippen molar-refractivity contribution in [2.24, 2.45) is 0 Å². The van der Waals surface area contributed by atoms with E-state index >= 15 is 0 Å². The summed E-state index contributed by atoms with van der Waals surface area (Å²) >= 11 is 1.68. The second-order valence-corrected chi connectivity index (χ2v) is 5.65. The Morgan fingerprint density at radius 1 is 1.35 bits per heavy atom. The van der Waals surface area contributed by atoms with E-state index in [9.17, 15) is 5.11 Å². The second kappa shape index (κ2) is 3.93. The van der Waals surface area contributed by atoms with Gasteiger partial charge in [0, 0.05) is 16.4 Å². The van der Waals surface area contributed by atoms with Crippen LogP contribution in [0.4, 0.5) is 0 Å². The van der Waals surface area contributed by atoms with Crippen LogP contribution in [0.1, 0.15) is 23.4 Å². The zero-order valence-corrected chi connectivity index (χ0v) is 10.6. The molecular formula is C14H15NOS. The molecule has 0 unspecified atom stereocenters. The van der Waals surface area contributed by atoms with Gasteiger partial charge in [0.1, 0.15) is 5.01 Å². The van der Waals surface area contributed by atoms with Gasteiger partial charge in [-0.25, -0.2) is 4.98 Å². The maximum atomic E-state index is 9.41. The van der Waals surface area contributed by atoms with E-state index in [2.05, 4.69) is 24.4 Å². The van der Waals surface area contributed by atoms with Gasteiger partial charge in [-0.05, 0) is 25.3 Å². The molecule has 1 aromatic carbocycles. The molecule has 0 bridgehead atoms. The van der Waals surface area contributed by atoms with Crippen LogP contribution in [0.5, 0.6) is 0 Å². The summed E-state index contributed by atoms with van der Waals surface area (Å²) in [7, 11) is 0. The molecule has 0 atom stereocenters. The van der Waals surface area contributed by atoms with Crippen molar-refractivity contribution < 1.29 is 5.11 Å². The highest BCUT2D eigenvalue weighted by Gasteiger charge is 2.46. The number of aliphatic hydroxyl groups is 1. The Hall–Kier alpha value is -1.19. The molecule has 3 heteroatoms. The normalized spacial score (nSPS) is 17.1. The number of nitrogens with zero attached hydrogens (tertiary/aromatic N) is 1. The van der Waals surface area contributed by atoms with Gasteiger partial charge in [-0.2, -0.15) is 0 Å². The lowest BCUT2D eigenvalue weighted by Gasteiger charge is -2.06. The summed E-state index contributed by atoms with van der Waals surface area (Å²) in [5, 5.41) is 12.6. The van der Waals surface area contributed by atoms with Gasteiger partial charge < -0.3 is 5.11 Å². The molecule has 0 spiro atoms. The lowest BCUT2D eigenvalue weighted by molar-refractivity contribution is 0.255. The quantitative estimate of drug-likeness (QED) is 0.901. The van der Waals surface area contributed by atoms with E-state index in [1.807, 2.05) is 12.1 Å². The SMILES string of the molecule is Cc1ccccc1-c1csc(C2(CO)CC2)n1. The molecule has 17 heavy (non-hydrogen) atoms. The van der Waals surface area contributed by atoms with Gasteiger partial charge in [0.15, 0.2) is 0 Å². The predicted octanol–water partition coefficient (Wildman–Crippen LogP) is 3.14. The molecule has 1 aliphatic carbocycles. The van der Waals surface area contributed by atoms with Crippen LogP contribution in [0.3, 0.4) is 0 Å². The zero-order valence-electron chi connectivity index (χ0n) is 9.81. The first-order chi connectivity index (χ1) is 8.25. The predicted molar refractivity (Wildman–Crippen MR) is 70.3 cm³/mol. The van der Waals surface area contributed by atoms with E-state index in [-0.39, 0.29) is 12.0 Å². The number of aliphatic hydroxyl groups excluding tert-OH is 1. The van der Waals surface area contributed by atoms with Crippen molar-refractivity contribution in [1.82, 2.24) is 4.98 Å². The fraction of sp³-hybridized carbons (Fsp3) is 0.357. The summed E-state index contributed by atoms with van der Waals surface area (Å²) in [6.07, 6.45) is 2.15. The molecule has 1 fully saturated rings. The van der Waals surface area contributed by atoms with E-state index in [0.717, 1.165) is 23.5 Å². The molecule has 88 valence electrons. The van der Waals surface area contributed by atoms with E-state index in [1.54, 1.807) is 11.3 Å². The number of hydrogen-bond acceptors (Lipinski definition) is 3. The number of aryl methyl sites for hydroxylation is 1. The Morgan fingerprint density at radius 2 is 2.12 bits per heavy atom. The van der Waals surface area contributed by atoms with E-state index in [0.29, 0.717) is 0 Å². The third-order valence-electron chi connectivity index (χ3n) is 3.54. The van der Waals surface area contributed by atoms with E-state index < -0.39 is 0 Å². The molecule has 1 saturated carbocycles. The van der Waals surface area contributed by atoms with Crippen molar-refractivity contribution in [1.29, 1.82) is 0 Å². The lowest BCUT2D eigenvalue weighted by Crippen LogP contribution is -2.11. The molecule has 1 N–H and O–H groups in total. The van der Waals surface area contributed by atoms with Gasteiger partial charge >= 0.3 is 0 Å². The first-order valence-electron chi connectivity index (χ1n) is 5.88. The maximum absolute atomic E-state index is 9.41. The van der Waals surface area contributed by atoms with Crippen molar-refractivity contribution in [3.63, 3.8) is 0 Å². The summed E-state index contributed by atoms with van der Waals surface area (Å²) in [4.78, 5) is 4.70. The molecule has 0 radical (unpaired) electrons. The minimum Gasteiger partial charge on any atom is -0.395 e. The lowest BCUT2D eigenvalue weighted by atomic mass is 10.1. The number of benzene rings is 1. The van der Waals surface area contributed by atoms with Crippen molar-refractivity contribution >= 4 is 11.3 Å². The largest absolute Gasteiger partial charge is 0.395 e. The van der Waals surface area contributed by atoms with Crippen LogP contribution in [0.2, 0.25) is 0 Å². The average molecular weight is 245 g/mol. The van der Waals surface area contributed by atoms with Crippen LogP contribution in [0.25, 0.3) is 11.3 Å². The molecule has 1 heterocycles. The Balaban J connectivity index is 1.99. The smallest absolute Gasteiger partial charge is 0.102 e. The first kappa shape index (κ1) is 10.9. The third-order valence-corrected chi connectivity index (χ3v) is 4.62. The molecule has 0 amide bonds. The van der Waals surface area contributed by atoms with E-state index in [4.69, 9.17) is 4.98 Å². The summed E-state index contributed by atoms with van der Waals surface area (Å²) in [6, 6.07) is 8.29. The van der Waals surface area contributed by atoms with Crippen LogP contribution < -0.4 is 0 Å². The Bertz CT molecular complexity index is 543. The minimum atomic E-state index is -0.00833. The Labute approximate surface area is 105 Å². The molecule has 1 aromatic heterocycles. The van der Waals surface area contributed by atoms with Crippen molar-refractivity contribution in [3.05, 3.63) is 40.2 Å². The summed E-state index contributed by atoms with van der Waals surface area (Å²) < 4.78 is 0. The van der Waals surface area contributed by atoms with E-state index in [1.165, 1.54) is 11.1 Å². The van der Waals surface area contributed by atoms with Gasteiger partial charge in [-0.15, -0.1) is 11.3 Å². The highest BCUT2D eigenvalue weighted by Crippen LogP contribution is 2.49. The summed E-state index contributed by atoms with van der Waals surface area (Å²) in [5.74, 6) is 0. The average Bonchev–Trinajstić information content (AvgIpc) is 3.00. The van der Waals surface area contributed by atoms with Gasteiger partial charge in [0.2, 0.25) is 0 Å². The number of thiazole rings is 1. The first-order valence-corrected chi connectivity index (χ1v) is 6.76. The number of rotatable bonds is 3. The molecule has 0 saturated heterocycles. The van der Waals surface area contributed by atoms with Crippen molar-refractivity contribution in [2.75, 3.05) is 6.61 Å². The molecule has 0 aliphatic heterocycles.